The summed E-state index contributed by atoms with van der Waals surface area (Å²) in [6.45, 7) is -2.67. The molecule has 0 aromatic heterocycles. The first kappa shape index (κ1) is 19.8. The summed E-state index contributed by atoms with van der Waals surface area (Å²) >= 11 is 0. The number of imide groups is 1. The minimum Gasteiger partial charge on any atom is -0.493 e. The van der Waals surface area contributed by atoms with Gasteiger partial charge in [-0.05, 0) is 37.0 Å². The highest BCUT2D eigenvalue weighted by molar-refractivity contribution is 6.04. The normalized spacial score (nSPS) is 18.6. The van der Waals surface area contributed by atoms with E-state index < -0.39 is 24.6 Å². The number of nitrogens with zero attached hydrogens (tertiary/aromatic N) is 1. The minimum absolute atomic E-state index is 0.0754. The number of rotatable bonds is 9. The Balaban J connectivity index is 1.63. The molecular weight excluding hydrogens is 376 g/mol. The first-order valence-corrected chi connectivity index (χ1v) is 8.90. The summed E-state index contributed by atoms with van der Waals surface area (Å²) in [6.07, 6.45) is 2.09. The number of urea groups is 1. The topological polar surface area (TPSA) is 97.0 Å². The molecule has 0 bridgehead atoms. The molecule has 1 saturated carbocycles. The summed E-state index contributed by atoms with van der Waals surface area (Å²) in [5.74, 6) is -0.488. The third-order valence-electron chi connectivity index (χ3n) is 4.61. The monoisotopic (exact) mass is 397 g/mol. The number of benzene rings is 1. The van der Waals surface area contributed by atoms with Gasteiger partial charge in [0.15, 0.2) is 11.5 Å². The maximum atomic E-state index is 12.7. The Bertz CT molecular complexity index is 770. The molecule has 152 valence electrons. The van der Waals surface area contributed by atoms with Crippen LogP contribution in [0.2, 0.25) is 0 Å². The van der Waals surface area contributed by atoms with Crippen LogP contribution in [0.1, 0.15) is 31.2 Å². The molecule has 1 saturated heterocycles. The predicted molar refractivity (Wildman–Crippen MR) is 92.9 cm³/mol. The lowest BCUT2D eigenvalue weighted by molar-refractivity contribution is -0.132. The van der Waals surface area contributed by atoms with Crippen LogP contribution >= 0.6 is 0 Å². The van der Waals surface area contributed by atoms with Crippen LogP contribution in [0.3, 0.4) is 0 Å². The van der Waals surface area contributed by atoms with E-state index in [0.717, 1.165) is 12.8 Å². The van der Waals surface area contributed by atoms with Gasteiger partial charge in [0.05, 0.1) is 7.11 Å². The fourth-order valence-corrected chi connectivity index (χ4v) is 3.08. The highest BCUT2D eigenvalue weighted by atomic mass is 19.3. The summed E-state index contributed by atoms with van der Waals surface area (Å²) in [6, 6.07) is 3.40. The molecule has 1 atom stereocenters. The molecule has 2 N–H and O–H groups in total. The highest BCUT2D eigenvalue weighted by Crippen LogP contribution is 2.33. The quantitative estimate of drug-likeness (QED) is 0.619. The molecule has 0 radical (unpaired) electrons. The number of alkyl halides is 2. The molecule has 4 amide bonds. The first-order chi connectivity index (χ1) is 13.4. The maximum absolute atomic E-state index is 12.7. The van der Waals surface area contributed by atoms with Gasteiger partial charge < -0.3 is 19.7 Å². The Hall–Kier alpha value is -2.91. The van der Waals surface area contributed by atoms with E-state index in [2.05, 4.69) is 15.4 Å². The van der Waals surface area contributed by atoms with Crippen molar-refractivity contribution in [1.82, 2.24) is 15.5 Å². The molecule has 8 nitrogen and oxygen atoms in total. The second-order valence-electron chi connectivity index (χ2n) is 6.67. The van der Waals surface area contributed by atoms with Gasteiger partial charge in [-0.3, -0.25) is 14.9 Å². The smallest absolute Gasteiger partial charge is 0.387 e. The van der Waals surface area contributed by atoms with Crippen LogP contribution in [-0.4, -0.2) is 48.6 Å². The van der Waals surface area contributed by atoms with Gasteiger partial charge in [0, 0.05) is 19.0 Å². The molecular formula is C18H21F2N3O5. The number of hydrogen-bond acceptors (Lipinski definition) is 5. The van der Waals surface area contributed by atoms with Crippen molar-refractivity contribution in [2.45, 2.75) is 50.9 Å². The van der Waals surface area contributed by atoms with E-state index in [1.807, 2.05) is 0 Å². The average Bonchev–Trinajstić information content (AvgIpc) is 3.43. The predicted octanol–water partition coefficient (Wildman–Crippen LogP) is 1.78. The van der Waals surface area contributed by atoms with Gasteiger partial charge in [-0.2, -0.15) is 8.78 Å². The Kier molecular flexibility index (Phi) is 5.96. The molecule has 10 heteroatoms. The number of halogens is 2. The molecule has 1 aliphatic carbocycles. The zero-order valence-electron chi connectivity index (χ0n) is 15.2. The number of amides is 4. The number of carbonyl (C=O) groups excluding carboxylic acids is 3. The number of ether oxygens (including phenoxy) is 2. The van der Waals surface area contributed by atoms with Gasteiger partial charge in [-0.1, -0.05) is 6.07 Å². The van der Waals surface area contributed by atoms with Crippen molar-refractivity contribution in [3.05, 3.63) is 23.8 Å². The van der Waals surface area contributed by atoms with Gasteiger partial charge in [-0.25, -0.2) is 4.79 Å². The zero-order chi connectivity index (χ0) is 20.3. The van der Waals surface area contributed by atoms with Gasteiger partial charge in [0.1, 0.15) is 6.04 Å². The number of carbonyl (C=O) groups is 3. The van der Waals surface area contributed by atoms with E-state index in [9.17, 15) is 23.2 Å². The van der Waals surface area contributed by atoms with Crippen molar-refractivity contribution < 1.29 is 32.6 Å². The zero-order valence-corrected chi connectivity index (χ0v) is 15.2. The Morgan fingerprint density at radius 1 is 1.29 bits per heavy atom. The number of nitrogens with one attached hydrogen (secondary N) is 2. The fraction of sp³-hybridized carbons (Fsp3) is 0.500. The van der Waals surface area contributed by atoms with E-state index in [1.54, 1.807) is 17.0 Å². The summed E-state index contributed by atoms with van der Waals surface area (Å²) in [5.41, 5.74) is 0.714. The van der Waals surface area contributed by atoms with Crippen molar-refractivity contribution in [3.8, 4) is 11.5 Å². The van der Waals surface area contributed by atoms with Crippen LogP contribution < -0.4 is 20.1 Å². The summed E-state index contributed by atoms with van der Waals surface area (Å²) in [4.78, 5) is 37.1. The van der Waals surface area contributed by atoms with E-state index in [1.165, 1.54) is 13.2 Å². The van der Waals surface area contributed by atoms with Crippen LogP contribution in [0.4, 0.5) is 13.6 Å². The molecule has 28 heavy (non-hydrogen) atoms. The van der Waals surface area contributed by atoms with Crippen LogP contribution in [0, 0.1) is 0 Å². The second kappa shape index (κ2) is 8.41. The van der Waals surface area contributed by atoms with Crippen molar-refractivity contribution in [2.24, 2.45) is 0 Å². The van der Waals surface area contributed by atoms with Gasteiger partial charge in [0.2, 0.25) is 5.91 Å². The lowest BCUT2D eigenvalue weighted by Gasteiger charge is -2.23. The maximum Gasteiger partial charge on any atom is 0.387 e. The number of methoxy groups -OCH3 is 1. The molecule has 1 aromatic carbocycles. The Labute approximate surface area is 160 Å². The highest BCUT2D eigenvalue weighted by Gasteiger charge is 2.34. The summed E-state index contributed by atoms with van der Waals surface area (Å²) < 4.78 is 34.4. The lowest BCUT2D eigenvalue weighted by atomic mass is 10.1. The third kappa shape index (κ3) is 4.87. The lowest BCUT2D eigenvalue weighted by Crippen LogP contribution is -2.35. The third-order valence-corrected chi connectivity index (χ3v) is 4.61. The average molecular weight is 397 g/mol. The molecule has 2 aliphatic rings. The van der Waals surface area contributed by atoms with Crippen molar-refractivity contribution in [1.29, 1.82) is 0 Å². The van der Waals surface area contributed by atoms with E-state index in [0.29, 0.717) is 5.56 Å². The van der Waals surface area contributed by atoms with E-state index in [4.69, 9.17) is 4.74 Å². The van der Waals surface area contributed by atoms with Crippen molar-refractivity contribution >= 4 is 17.8 Å². The van der Waals surface area contributed by atoms with Crippen LogP contribution in [-0.2, 0) is 16.1 Å². The second-order valence-corrected chi connectivity index (χ2v) is 6.67. The van der Waals surface area contributed by atoms with Gasteiger partial charge in [0.25, 0.3) is 5.91 Å². The molecule has 2 fully saturated rings. The van der Waals surface area contributed by atoms with Crippen LogP contribution in [0.5, 0.6) is 11.5 Å². The first-order valence-electron chi connectivity index (χ1n) is 8.90. The standard InChI is InChI=1S/C18H21F2N3O5/c1-27-14-8-10(2-6-13(14)28-17(19)20)9-23(11-3-4-11)15(24)7-5-12-16(25)22-18(26)21-12/h2,6,8,11-12,17H,3-5,7,9H2,1H3,(H2,21,22,25,26)/t12-/m1/s1. The SMILES string of the molecule is COc1cc(CN(C(=O)CC[C@H]2NC(=O)NC2=O)C2CC2)ccc1OC(F)F. The van der Waals surface area contributed by atoms with Gasteiger partial charge >= 0.3 is 12.6 Å². The fourth-order valence-electron chi connectivity index (χ4n) is 3.08. The molecule has 1 aliphatic heterocycles. The largest absolute Gasteiger partial charge is 0.493 e. The van der Waals surface area contributed by atoms with Crippen molar-refractivity contribution in [2.75, 3.05) is 7.11 Å². The Morgan fingerprint density at radius 2 is 2.04 bits per heavy atom. The molecule has 0 unspecified atom stereocenters. The molecule has 1 aromatic rings. The van der Waals surface area contributed by atoms with E-state index in [-0.39, 0.29) is 42.8 Å². The summed E-state index contributed by atoms with van der Waals surface area (Å²) in [5, 5.41) is 4.60. The number of hydrogen-bond donors (Lipinski definition) is 2. The van der Waals surface area contributed by atoms with E-state index >= 15 is 0 Å². The van der Waals surface area contributed by atoms with Crippen LogP contribution in [0.15, 0.2) is 18.2 Å². The van der Waals surface area contributed by atoms with Gasteiger partial charge in [-0.15, -0.1) is 0 Å². The molecule has 0 spiro atoms. The molecule has 1 heterocycles. The summed E-state index contributed by atoms with van der Waals surface area (Å²) in [7, 11) is 1.35. The van der Waals surface area contributed by atoms with Crippen LogP contribution in [0.25, 0.3) is 0 Å². The Morgan fingerprint density at radius 3 is 2.61 bits per heavy atom. The minimum atomic E-state index is -2.96. The van der Waals surface area contributed by atoms with Crippen molar-refractivity contribution in [3.63, 3.8) is 0 Å². The molecule has 3 rings (SSSR count).